The van der Waals surface area contributed by atoms with Gasteiger partial charge in [0.25, 0.3) is 0 Å². The smallest absolute Gasteiger partial charge is 0.246 e. The Morgan fingerprint density at radius 2 is 1.81 bits per heavy atom. The molecule has 1 aromatic carbocycles. The average molecular weight is 383 g/mol. The van der Waals surface area contributed by atoms with Crippen molar-refractivity contribution in [3.05, 3.63) is 30.1 Å². The highest BCUT2D eigenvalue weighted by Crippen LogP contribution is 2.21. The minimum absolute atomic E-state index is 0.0432. The number of hydrogen-bond acceptors (Lipinski definition) is 4. The summed E-state index contributed by atoms with van der Waals surface area (Å²) in [6.45, 7) is 4.54. The molecule has 3 rings (SSSR count). The molecule has 2 saturated heterocycles. The second-order valence-corrected chi connectivity index (χ2v) is 8.94. The Balaban J connectivity index is 1.58. The molecule has 0 N–H and O–H groups in total. The average Bonchev–Trinajstić information content (AvgIpc) is 2.64. The lowest BCUT2D eigenvalue weighted by Crippen LogP contribution is -2.53. The first kappa shape index (κ1) is 19.3. The molecule has 2 fully saturated rings. The van der Waals surface area contributed by atoms with Gasteiger partial charge >= 0.3 is 0 Å². The molecule has 0 saturated carbocycles. The number of carbonyl (C=O) groups excluding carboxylic acids is 1. The summed E-state index contributed by atoms with van der Waals surface area (Å²) in [4.78, 5) is 16.2. The molecule has 144 valence electrons. The quantitative estimate of drug-likeness (QED) is 0.791. The second-order valence-electron chi connectivity index (χ2n) is 7.03. The van der Waals surface area contributed by atoms with Gasteiger partial charge in [0.2, 0.25) is 15.9 Å². The third kappa shape index (κ3) is 4.07. The summed E-state index contributed by atoms with van der Waals surface area (Å²) in [7, 11) is -3.87. The number of sulfonamides is 1. The van der Waals surface area contributed by atoms with Gasteiger partial charge in [-0.2, -0.15) is 4.31 Å². The molecule has 0 aromatic heterocycles. The van der Waals surface area contributed by atoms with Crippen molar-refractivity contribution in [2.75, 3.05) is 39.3 Å². The van der Waals surface area contributed by atoms with E-state index in [0.717, 1.165) is 25.5 Å². The molecule has 0 unspecified atom stereocenters. The van der Waals surface area contributed by atoms with Crippen LogP contribution < -0.4 is 0 Å². The molecule has 0 bridgehead atoms. The number of halogens is 1. The number of amides is 1. The number of benzene rings is 1. The van der Waals surface area contributed by atoms with E-state index < -0.39 is 15.8 Å². The molecular formula is C18H26FN3O3S. The molecule has 2 aliphatic rings. The van der Waals surface area contributed by atoms with Crippen LogP contribution in [0, 0.1) is 5.82 Å². The Morgan fingerprint density at radius 1 is 1.12 bits per heavy atom. The van der Waals surface area contributed by atoms with Gasteiger partial charge in [-0.25, -0.2) is 12.8 Å². The topological polar surface area (TPSA) is 60.9 Å². The third-order valence-electron chi connectivity index (χ3n) is 5.32. The highest BCUT2D eigenvalue weighted by molar-refractivity contribution is 7.89. The molecule has 8 heteroatoms. The van der Waals surface area contributed by atoms with Crippen molar-refractivity contribution in [2.24, 2.45) is 0 Å². The van der Waals surface area contributed by atoms with E-state index in [9.17, 15) is 17.6 Å². The highest BCUT2D eigenvalue weighted by atomic mass is 32.2. The second kappa shape index (κ2) is 8.02. The number of piperidine rings is 1. The predicted molar refractivity (Wildman–Crippen MR) is 96.6 cm³/mol. The zero-order valence-corrected chi connectivity index (χ0v) is 15.9. The Kier molecular flexibility index (Phi) is 5.94. The van der Waals surface area contributed by atoms with Crippen molar-refractivity contribution in [3.8, 4) is 0 Å². The molecule has 1 amide bonds. The van der Waals surface area contributed by atoms with Crippen LogP contribution in [-0.4, -0.2) is 73.7 Å². The number of piperazine rings is 1. The van der Waals surface area contributed by atoms with Crippen molar-refractivity contribution < 1.29 is 17.6 Å². The van der Waals surface area contributed by atoms with Crippen molar-refractivity contribution in [3.63, 3.8) is 0 Å². The van der Waals surface area contributed by atoms with Gasteiger partial charge in [-0.3, -0.25) is 9.69 Å². The fourth-order valence-corrected chi connectivity index (χ4v) is 5.12. The van der Waals surface area contributed by atoms with Crippen molar-refractivity contribution in [2.45, 2.75) is 37.1 Å². The summed E-state index contributed by atoms with van der Waals surface area (Å²) >= 11 is 0. The van der Waals surface area contributed by atoms with Crippen LogP contribution in [0.15, 0.2) is 29.2 Å². The summed E-state index contributed by atoms with van der Waals surface area (Å²) in [6, 6.07) is 5.81. The van der Waals surface area contributed by atoms with E-state index in [1.807, 2.05) is 0 Å². The molecule has 0 radical (unpaired) electrons. The largest absolute Gasteiger partial charge is 0.339 e. The lowest BCUT2D eigenvalue weighted by Gasteiger charge is -2.37. The number of rotatable bonds is 4. The van der Waals surface area contributed by atoms with Crippen LogP contribution in [0.2, 0.25) is 0 Å². The van der Waals surface area contributed by atoms with E-state index in [1.54, 1.807) is 4.90 Å². The molecule has 2 heterocycles. The van der Waals surface area contributed by atoms with Gasteiger partial charge in [-0.1, -0.05) is 18.6 Å². The van der Waals surface area contributed by atoms with Gasteiger partial charge < -0.3 is 4.90 Å². The van der Waals surface area contributed by atoms with Crippen LogP contribution in [0.1, 0.15) is 26.2 Å². The maximum absolute atomic E-state index is 13.9. The Morgan fingerprint density at radius 3 is 2.46 bits per heavy atom. The molecular weight excluding hydrogens is 357 g/mol. The van der Waals surface area contributed by atoms with E-state index in [1.165, 1.54) is 28.9 Å². The summed E-state index contributed by atoms with van der Waals surface area (Å²) < 4.78 is 40.4. The zero-order valence-electron chi connectivity index (χ0n) is 15.1. The van der Waals surface area contributed by atoms with Crippen LogP contribution in [0.4, 0.5) is 4.39 Å². The van der Waals surface area contributed by atoms with Gasteiger partial charge in [0.05, 0.1) is 6.54 Å². The molecule has 1 atom stereocenters. The first-order valence-corrected chi connectivity index (χ1v) is 10.6. The maximum Gasteiger partial charge on any atom is 0.246 e. The van der Waals surface area contributed by atoms with Crippen LogP contribution in [-0.2, 0) is 14.8 Å². The van der Waals surface area contributed by atoms with Crippen LogP contribution in [0.3, 0.4) is 0 Å². The minimum Gasteiger partial charge on any atom is -0.339 e. The number of carbonyl (C=O) groups is 1. The zero-order chi connectivity index (χ0) is 18.7. The molecule has 26 heavy (non-hydrogen) atoms. The van der Waals surface area contributed by atoms with E-state index in [4.69, 9.17) is 0 Å². The maximum atomic E-state index is 13.9. The van der Waals surface area contributed by atoms with Gasteiger partial charge in [-0.15, -0.1) is 0 Å². The summed E-state index contributed by atoms with van der Waals surface area (Å²) in [5.41, 5.74) is 0. The van der Waals surface area contributed by atoms with Crippen molar-refractivity contribution in [1.29, 1.82) is 0 Å². The lowest BCUT2D eigenvalue weighted by atomic mass is 10.0. The highest BCUT2D eigenvalue weighted by Gasteiger charge is 2.32. The first-order valence-electron chi connectivity index (χ1n) is 9.16. The molecule has 0 spiro atoms. The Hall–Kier alpha value is -1.51. The summed E-state index contributed by atoms with van der Waals surface area (Å²) in [6.07, 6.45) is 3.44. The monoisotopic (exact) mass is 383 g/mol. The molecule has 0 aliphatic carbocycles. The van der Waals surface area contributed by atoms with Crippen molar-refractivity contribution in [1.82, 2.24) is 14.1 Å². The SMILES string of the molecule is C[C@@H]1CCCCN1CC(=O)N1CCN(S(=O)(=O)c2ccccc2F)CC1. The van der Waals surface area contributed by atoms with Gasteiger partial charge in [0.1, 0.15) is 10.7 Å². The van der Waals surface area contributed by atoms with Crippen LogP contribution in [0.5, 0.6) is 0 Å². The fourth-order valence-electron chi connectivity index (χ4n) is 3.64. The van der Waals surface area contributed by atoms with E-state index in [-0.39, 0.29) is 23.9 Å². The van der Waals surface area contributed by atoms with E-state index in [0.29, 0.717) is 25.7 Å². The molecule has 2 aliphatic heterocycles. The Bertz CT molecular complexity index is 748. The van der Waals surface area contributed by atoms with Crippen molar-refractivity contribution >= 4 is 15.9 Å². The van der Waals surface area contributed by atoms with Gasteiger partial charge in [0.15, 0.2) is 0 Å². The first-order chi connectivity index (χ1) is 12.4. The third-order valence-corrected chi connectivity index (χ3v) is 7.26. The standard InChI is InChI=1S/C18H26FN3O3S/c1-15-6-4-5-9-21(15)14-18(23)20-10-12-22(13-11-20)26(24,25)17-8-3-2-7-16(17)19/h2-3,7-8,15H,4-6,9-14H2,1H3/t15-/m1/s1. The summed E-state index contributed by atoms with van der Waals surface area (Å²) in [5.74, 6) is -0.702. The van der Waals surface area contributed by atoms with Gasteiger partial charge in [0, 0.05) is 32.2 Å². The molecule has 1 aromatic rings. The van der Waals surface area contributed by atoms with E-state index >= 15 is 0 Å². The minimum atomic E-state index is -3.87. The predicted octanol–water partition coefficient (Wildman–Crippen LogP) is 1.53. The lowest BCUT2D eigenvalue weighted by molar-refractivity contribution is -0.134. The summed E-state index contributed by atoms with van der Waals surface area (Å²) in [5, 5.41) is 0. The number of nitrogens with zero attached hydrogens (tertiary/aromatic N) is 3. The van der Waals surface area contributed by atoms with Crippen LogP contribution >= 0.6 is 0 Å². The Labute approximate surface area is 154 Å². The van der Waals surface area contributed by atoms with E-state index in [2.05, 4.69) is 11.8 Å². The van der Waals surface area contributed by atoms with Gasteiger partial charge in [-0.05, 0) is 38.4 Å². The fraction of sp³-hybridized carbons (Fsp3) is 0.611. The molecule has 6 nitrogen and oxygen atoms in total. The normalized spacial score (nSPS) is 23.2. The number of hydrogen-bond donors (Lipinski definition) is 0. The number of likely N-dealkylation sites (tertiary alicyclic amines) is 1. The van der Waals surface area contributed by atoms with Crippen LogP contribution in [0.25, 0.3) is 0 Å².